The van der Waals surface area contributed by atoms with Gasteiger partial charge in [0.2, 0.25) is 0 Å². The summed E-state index contributed by atoms with van der Waals surface area (Å²) in [7, 11) is -3.62. The van der Waals surface area contributed by atoms with Crippen LogP contribution >= 0.6 is 11.8 Å². The van der Waals surface area contributed by atoms with Crippen molar-refractivity contribution in [2.45, 2.75) is 56.0 Å². The predicted octanol–water partition coefficient (Wildman–Crippen LogP) is 0.207. The van der Waals surface area contributed by atoms with Gasteiger partial charge >= 0.3 is 35.5 Å². The van der Waals surface area contributed by atoms with Crippen molar-refractivity contribution in [1.29, 1.82) is 0 Å². The maximum Gasteiger partial charge on any atom is 1.00 e. The van der Waals surface area contributed by atoms with Crippen molar-refractivity contribution >= 4 is 27.8 Å². The zero-order valence-corrected chi connectivity index (χ0v) is 18.1. The van der Waals surface area contributed by atoms with Crippen molar-refractivity contribution in [1.82, 2.24) is 5.32 Å². The van der Waals surface area contributed by atoms with Crippen molar-refractivity contribution in [2.75, 3.05) is 0 Å². The summed E-state index contributed by atoms with van der Waals surface area (Å²) in [5.74, 6) is -0.0377. The van der Waals surface area contributed by atoms with Crippen molar-refractivity contribution < 1.29 is 47.9 Å². The summed E-state index contributed by atoms with van der Waals surface area (Å²) in [6.07, 6.45) is 5.80. The molecule has 0 amide bonds. The van der Waals surface area contributed by atoms with Crippen LogP contribution < -0.4 is 34.9 Å². The van der Waals surface area contributed by atoms with E-state index >= 15 is 0 Å². The molecule has 9 heteroatoms. The van der Waals surface area contributed by atoms with Crippen molar-refractivity contribution in [3.05, 3.63) is 34.1 Å². The van der Waals surface area contributed by atoms with E-state index in [2.05, 4.69) is 9.56 Å². The van der Waals surface area contributed by atoms with Gasteiger partial charge in [-0.1, -0.05) is 30.5 Å². The Labute approximate surface area is 176 Å². The number of halogens is 1. The number of nitrogens with one attached hydrogen (secondary N) is 1. The maximum atomic E-state index is 11.0. The number of carboxylic acid groups (broad SMARTS) is 1. The number of benzene rings is 1. The summed E-state index contributed by atoms with van der Waals surface area (Å²) in [6, 6.07) is 6.55. The van der Waals surface area contributed by atoms with E-state index in [0.29, 0.717) is 12.0 Å². The molecule has 2 N–H and O–H groups in total. The Balaban J connectivity index is 0.000000240. The number of hydrogen-bond acceptors (Lipinski definition) is 4. The first-order valence-electron chi connectivity index (χ1n) is 7.97. The molecule has 1 aliphatic carbocycles. The molecule has 0 bridgehead atoms. The van der Waals surface area contributed by atoms with E-state index < -0.39 is 16.0 Å². The number of aliphatic carboxylic acids is 1. The molecule has 1 saturated carbocycles. The summed E-state index contributed by atoms with van der Waals surface area (Å²) in [6.45, 7) is 1.87. The average molecular weight is 397 g/mol. The number of rotatable bonds is 3. The van der Waals surface area contributed by atoms with Crippen molar-refractivity contribution in [3.63, 3.8) is 0 Å². The standard InChI is InChI=1S/C9H15NO2.C7H7ClNO2S.Na/c11-9(12)8-5-6-3-1-2-4-7(6)10-8;1-6-2-4-7(5-3-6)12(10,11)9-8;/h6-8,10H,1-5H2,(H,11,12);2-5H,1H3;/q;-1;+1. The molecule has 25 heavy (non-hydrogen) atoms. The molecule has 3 atom stereocenters. The number of nitrogens with zero attached hydrogens (tertiary/aromatic N) is 1. The Morgan fingerprint density at radius 3 is 2.36 bits per heavy atom. The first kappa shape index (κ1) is 22.9. The molecule has 2 fully saturated rings. The number of carboxylic acids is 1. The number of sulfonamides is 1. The molecule has 3 unspecified atom stereocenters. The third-order valence-electron chi connectivity index (χ3n) is 4.57. The molecule has 3 rings (SSSR count). The van der Waals surface area contributed by atoms with Crippen LogP contribution in [0.15, 0.2) is 29.2 Å². The zero-order chi connectivity index (χ0) is 17.7. The van der Waals surface area contributed by atoms with Gasteiger partial charge in [0.05, 0.1) is 0 Å². The summed E-state index contributed by atoms with van der Waals surface area (Å²) >= 11 is 4.90. The molecular weight excluding hydrogens is 375 g/mol. The van der Waals surface area contributed by atoms with Gasteiger partial charge in [-0.15, -0.1) is 0 Å². The van der Waals surface area contributed by atoms with Gasteiger partial charge in [-0.2, -0.15) is 0 Å². The Morgan fingerprint density at radius 1 is 1.24 bits per heavy atom. The zero-order valence-electron chi connectivity index (χ0n) is 14.5. The number of aryl methyl sites for hydroxylation is 1. The van der Waals surface area contributed by atoms with E-state index in [-0.39, 0.29) is 40.5 Å². The topological polar surface area (TPSA) is 97.6 Å². The van der Waals surface area contributed by atoms with Gasteiger partial charge in [0.15, 0.2) is 0 Å². The normalized spacial score (nSPS) is 25.1. The van der Waals surface area contributed by atoms with Gasteiger partial charge in [0.1, 0.15) is 16.1 Å². The van der Waals surface area contributed by atoms with Crippen LogP contribution in [-0.2, 0) is 14.8 Å². The van der Waals surface area contributed by atoms with E-state index in [1.54, 1.807) is 12.1 Å². The minimum atomic E-state index is -3.62. The monoisotopic (exact) mass is 396 g/mol. The molecule has 6 nitrogen and oxygen atoms in total. The van der Waals surface area contributed by atoms with Gasteiger partial charge in [-0.25, -0.2) is 8.42 Å². The number of fused-ring (bicyclic) bond motifs is 1. The van der Waals surface area contributed by atoms with E-state index in [1.807, 2.05) is 6.92 Å². The van der Waals surface area contributed by atoms with E-state index in [4.69, 9.17) is 16.9 Å². The number of carbonyl (C=O) groups is 1. The molecule has 1 heterocycles. The van der Waals surface area contributed by atoms with Crippen molar-refractivity contribution in [2.24, 2.45) is 5.92 Å². The van der Waals surface area contributed by atoms with Crippen LogP contribution in [0.25, 0.3) is 4.24 Å². The largest absolute Gasteiger partial charge is 1.00 e. The fraction of sp³-hybridized carbons (Fsp3) is 0.562. The Hall–Kier alpha value is -0.150. The third kappa shape index (κ3) is 6.50. The third-order valence-corrected chi connectivity index (χ3v) is 6.17. The first-order valence-corrected chi connectivity index (χ1v) is 9.75. The molecule has 1 aromatic rings. The molecule has 1 aliphatic heterocycles. The van der Waals surface area contributed by atoms with Gasteiger partial charge < -0.3 is 14.7 Å². The molecule has 0 aromatic heterocycles. The maximum absolute atomic E-state index is 11.0. The molecule has 1 saturated heterocycles. The second-order valence-corrected chi connectivity index (χ2v) is 8.27. The number of hydrogen-bond donors (Lipinski definition) is 2. The van der Waals surface area contributed by atoms with Crippen LogP contribution in [0.2, 0.25) is 0 Å². The second-order valence-electron chi connectivity index (χ2n) is 6.30. The Kier molecular flexibility index (Phi) is 9.39. The Morgan fingerprint density at radius 2 is 1.84 bits per heavy atom. The second kappa shape index (κ2) is 10.3. The smallest absolute Gasteiger partial charge is 0.480 e. The summed E-state index contributed by atoms with van der Waals surface area (Å²) in [5, 5.41) is 12.0. The molecule has 0 radical (unpaired) electrons. The molecule has 2 aliphatic rings. The molecule has 1 aromatic carbocycles. The van der Waals surface area contributed by atoms with Crippen LogP contribution in [-0.4, -0.2) is 31.6 Å². The Bertz CT molecular complexity index is 655. The van der Waals surface area contributed by atoms with Gasteiger partial charge in [-0.05, 0) is 44.2 Å². The molecule has 134 valence electrons. The molecular formula is C16H22ClN2NaO4S. The van der Waals surface area contributed by atoms with Crippen LogP contribution in [0, 0.1) is 12.8 Å². The minimum Gasteiger partial charge on any atom is -0.480 e. The van der Waals surface area contributed by atoms with Gasteiger partial charge in [-0.3, -0.25) is 16.6 Å². The summed E-state index contributed by atoms with van der Waals surface area (Å²) in [5.41, 5.74) is 0.989. The van der Waals surface area contributed by atoms with Gasteiger partial charge in [0.25, 0.3) is 0 Å². The van der Waals surface area contributed by atoms with E-state index in [1.165, 1.54) is 37.8 Å². The molecule has 0 spiro atoms. The van der Waals surface area contributed by atoms with E-state index in [9.17, 15) is 13.2 Å². The fourth-order valence-corrected chi connectivity index (χ4v) is 4.06. The fourth-order valence-electron chi connectivity index (χ4n) is 3.26. The van der Waals surface area contributed by atoms with Crippen LogP contribution in [0.4, 0.5) is 0 Å². The average Bonchev–Trinajstić information content (AvgIpc) is 3.00. The predicted molar refractivity (Wildman–Crippen MR) is 92.5 cm³/mol. The van der Waals surface area contributed by atoms with Crippen LogP contribution in [0.1, 0.15) is 37.7 Å². The summed E-state index contributed by atoms with van der Waals surface area (Å²) in [4.78, 5) is 10.8. The van der Waals surface area contributed by atoms with Crippen molar-refractivity contribution in [3.8, 4) is 0 Å². The quantitative estimate of drug-likeness (QED) is 0.712. The SMILES string of the molecule is Cc1ccc(S(=O)(=O)[N-]Cl)cc1.O=C(O)C1CC2CCCCC2N1.[Na+]. The minimum absolute atomic E-state index is 0. The van der Waals surface area contributed by atoms with Crippen LogP contribution in [0.3, 0.4) is 0 Å². The summed E-state index contributed by atoms with van der Waals surface area (Å²) < 4.78 is 24.8. The van der Waals surface area contributed by atoms with Gasteiger partial charge in [0, 0.05) is 10.9 Å². The first-order chi connectivity index (χ1) is 11.3. The van der Waals surface area contributed by atoms with Crippen LogP contribution in [0.5, 0.6) is 0 Å². The van der Waals surface area contributed by atoms with E-state index in [0.717, 1.165) is 12.0 Å².